The molecule has 0 bridgehead atoms. The van der Waals surface area contributed by atoms with Gasteiger partial charge in [-0.1, -0.05) is 6.07 Å². The summed E-state index contributed by atoms with van der Waals surface area (Å²) in [5.74, 6) is 0. The fourth-order valence-electron chi connectivity index (χ4n) is 1.30. The first-order valence-corrected chi connectivity index (χ1v) is 4.82. The van der Waals surface area contributed by atoms with Crippen LogP contribution in [-0.4, -0.2) is 29.2 Å². The fourth-order valence-corrected chi connectivity index (χ4v) is 1.30. The summed E-state index contributed by atoms with van der Waals surface area (Å²) in [5.41, 5.74) is 7.62. The van der Waals surface area contributed by atoms with Crippen molar-refractivity contribution >= 4 is 6.21 Å². The lowest BCUT2D eigenvalue weighted by Crippen LogP contribution is -2.36. The minimum atomic E-state index is -0.377. The Morgan fingerprint density at radius 1 is 1.60 bits per heavy atom. The fraction of sp³-hybridized carbons (Fsp3) is 0.400. The molecule has 2 rings (SSSR count). The van der Waals surface area contributed by atoms with Crippen LogP contribution >= 0.6 is 0 Å². The van der Waals surface area contributed by atoms with Crippen LogP contribution in [-0.2, 0) is 11.3 Å². The van der Waals surface area contributed by atoms with Crippen molar-refractivity contribution in [3.05, 3.63) is 29.6 Å². The second kappa shape index (κ2) is 4.37. The second-order valence-electron chi connectivity index (χ2n) is 3.50. The number of nitrogens with zero attached hydrogens (tertiary/aromatic N) is 3. The number of aromatic nitrogens is 1. The maximum atomic E-state index is 5.50. The minimum Gasteiger partial charge on any atom is -0.336 e. The Hall–Kier alpha value is -1.46. The summed E-state index contributed by atoms with van der Waals surface area (Å²) in [7, 11) is 0. The molecule has 1 atom stereocenters. The summed E-state index contributed by atoms with van der Waals surface area (Å²) in [6, 6.07) is 4.02. The molecule has 1 unspecified atom stereocenters. The van der Waals surface area contributed by atoms with E-state index < -0.39 is 0 Å². The third kappa shape index (κ3) is 2.74. The molecule has 5 heteroatoms. The van der Waals surface area contributed by atoms with Gasteiger partial charge in [-0.3, -0.25) is 9.99 Å². The van der Waals surface area contributed by atoms with Crippen LogP contribution in [0.4, 0.5) is 0 Å². The van der Waals surface area contributed by atoms with Crippen molar-refractivity contribution < 1.29 is 4.74 Å². The Morgan fingerprint density at radius 3 is 3.07 bits per heavy atom. The van der Waals surface area contributed by atoms with Crippen LogP contribution in [0.5, 0.6) is 0 Å². The van der Waals surface area contributed by atoms with Crippen molar-refractivity contribution in [2.45, 2.75) is 19.7 Å². The topological polar surface area (TPSA) is 63.7 Å². The average molecular weight is 206 g/mol. The molecule has 0 saturated carbocycles. The number of nitrogens with two attached hydrogens (primary N) is 1. The van der Waals surface area contributed by atoms with Gasteiger partial charge in [0.05, 0.1) is 12.8 Å². The van der Waals surface area contributed by atoms with Crippen LogP contribution in [0.3, 0.4) is 0 Å². The van der Waals surface area contributed by atoms with E-state index in [2.05, 4.69) is 10.1 Å². The van der Waals surface area contributed by atoms with Gasteiger partial charge in [0.15, 0.2) is 0 Å². The maximum absolute atomic E-state index is 5.50. The minimum absolute atomic E-state index is 0.377. The van der Waals surface area contributed by atoms with Gasteiger partial charge in [0.1, 0.15) is 13.0 Å². The van der Waals surface area contributed by atoms with Crippen molar-refractivity contribution in [3.63, 3.8) is 0 Å². The van der Waals surface area contributed by atoms with Crippen LogP contribution < -0.4 is 5.73 Å². The predicted octanol–water partition coefficient (Wildman–Crippen LogP) is 0.450. The number of rotatable bonds is 2. The highest BCUT2D eigenvalue weighted by Gasteiger charge is 2.10. The predicted molar refractivity (Wildman–Crippen MR) is 56.9 cm³/mol. The molecule has 0 amide bonds. The summed E-state index contributed by atoms with van der Waals surface area (Å²) >= 11 is 0. The average Bonchev–Trinajstić information content (AvgIpc) is 2.25. The Morgan fingerprint density at radius 2 is 2.47 bits per heavy atom. The second-order valence-corrected chi connectivity index (χ2v) is 3.50. The number of aryl methyl sites for hydroxylation is 1. The molecular formula is C10H14N4O. The summed E-state index contributed by atoms with van der Waals surface area (Å²) < 4.78 is 5.22. The molecule has 80 valence electrons. The molecule has 0 aromatic carbocycles. The van der Waals surface area contributed by atoms with Crippen molar-refractivity contribution in [2.75, 3.05) is 6.73 Å². The van der Waals surface area contributed by atoms with E-state index in [4.69, 9.17) is 10.5 Å². The summed E-state index contributed by atoms with van der Waals surface area (Å²) in [6.45, 7) is 3.08. The highest BCUT2D eigenvalue weighted by molar-refractivity contribution is 5.62. The Bertz CT molecular complexity index is 349. The number of ether oxygens (including phenoxy) is 1. The normalized spacial score (nSPS) is 20.7. The molecule has 0 saturated heterocycles. The van der Waals surface area contributed by atoms with E-state index in [0.29, 0.717) is 13.3 Å². The zero-order valence-electron chi connectivity index (χ0n) is 8.63. The van der Waals surface area contributed by atoms with Crippen LogP contribution in [0.1, 0.15) is 11.3 Å². The molecule has 1 aliphatic rings. The van der Waals surface area contributed by atoms with E-state index in [1.165, 1.54) is 0 Å². The zero-order chi connectivity index (χ0) is 10.7. The maximum Gasteiger partial charge on any atom is 0.146 e. The summed E-state index contributed by atoms with van der Waals surface area (Å²) in [5, 5.41) is 5.96. The van der Waals surface area contributed by atoms with Gasteiger partial charge < -0.3 is 10.5 Å². The smallest absolute Gasteiger partial charge is 0.146 e. The summed E-state index contributed by atoms with van der Waals surface area (Å²) in [6.07, 6.45) is 3.06. The monoisotopic (exact) mass is 206 g/mol. The molecule has 5 nitrogen and oxygen atoms in total. The van der Waals surface area contributed by atoms with E-state index in [0.717, 1.165) is 11.3 Å². The molecule has 0 spiro atoms. The van der Waals surface area contributed by atoms with Crippen molar-refractivity contribution in [2.24, 2.45) is 10.8 Å². The molecule has 2 N–H and O–H groups in total. The molecule has 2 heterocycles. The zero-order valence-corrected chi connectivity index (χ0v) is 8.63. The molecule has 0 fully saturated rings. The Kier molecular flexibility index (Phi) is 2.94. The van der Waals surface area contributed by atoms with Gasteiger partial charge >= 0.3 is 0 Å². The van der Waals surface area contributed by atoms with Gasteiger partial charge in [-0.05, 0) is 18.6 Å². The molecule has 1 aromatic heterocycles. The van der Waals surface area contributed by atoms with Crippen molar-refractivity contribution in [1.82, 2.24) is 9.99 Å². The standard InChI is InChI=1S/C10H14N4O/c1-8-2-3-9(4-12-8)6-14-7-15-10(11)5-13-14/h2-5,10H,6-7,11H2,1H3. The molecule has 1 aromatic rings. The van der Waals surface area contributed by atoms with Crippen LogP contribution in [0, 0.1) is 6.92 Å². The van der Waals surface area contributed by atoms with Gasteiger partial charge in [-0.15, -0.1) is 0 Å². The van der Waals surface area contributed by atoms with Gasteiger partial charge in [-0.2, -0.15) is 5.10 Å². The number of pyridine rings is 1. The number of hydrogen-bond donors (Lipinski definition) is 1. The molecule has 15 heavy (non-hydrogen) atoms. The van der Waals surface area contributed by atoms with Crippen molar-refractivity contribution in [3.8, 4) is 0 Å². The van der Waals surface area contributed by atoms with Crippen LogP contribution in [0.2, 0.25) is 0 Å². The molecular weight excluding hydrogens is 192 g/mol. The van der Waals surface area contributed by atoms with Gasteiger partial charge in [0.25, 0.3) is 0 Å². The van der Waals surface area contributed by atoms with E-state index in [-0.39, 0.29) is 6.23 Å². The SMILES string of the molecule is Cc1ccc(CN2COC(N)C=N2)cn1. The number of hydrazone groups is 1. The van der Waals surface area contributed by atoms with E-state index >= 15 is 0 Å². The third-order valence-electron chi connectivity index (χ3n) is 2.13. The molecule has 0 aliphatic carbocycles. The van der Waals surface area contributed by atoms with Gasteiger partial charge in [0, 0.05) is 11.9 Å². The third-order valence-corrected chi connectivity index (χ3v) is 2.13. The van der Waals surface area contributed by atoms with Gasteiger partial charge in [0.2, 0.25) is 0 Å². The lowest BCUT2D eigenvalue weighted by molar-refractivity contribution is -0.00914. The molecule has 0 radical (unpaired) electrons. The largest absolute Gasteiger partial charge is 0.336 e. The quantitative estimate of drug-likeness (QED) is 0.763. The first-order chi connectivity index (χ1) is 7.24. The van der Waals surface area contributed by atoms with Gasteiger partial charge in [-0.25, -0.2) is 0 Å². The Labute approximate surface area is 88.5 Å². The van der Waals surface area contributed by atoms with E-state index in [1.807, 2.05) is 25.3 Å². The first-order valence-electron chi connectivity index (χ1n) is 4.82. The van der Waals surface area contributed by atoms with Crippen molar-refractivity contribution in [1.29, 1.82) is 0 Å². The Balaban J connectivity index is 1.97. The summed E-state index contributed by atoms with van der Waals surface area (Å²) in [4.78, 5) is 4.22. The van der Waals surface area contributed by atoms with E-state index in [1.54, 1.807) is 11.2 Å². The first kappa shape index (κ1) is 10.1. The lowest BCUT2D eigenvalue weighted by atomic mass is 10.2. The lowest BCUT2D eigenvalue weighted by Gasteiger charge is -2.24. The van der Waals surface area contributed by atoms with Crippen LogP contribution in [0.15, 0.2) is 23.4 Å². The number of hydrogen-bond acceptors (Lipinski definition) is 5. The van der Waals surface area contributed by atoms with E-state index in [9.17, 15) is 0 Å². The highest BCUT2D eigenvalue weighted by Crippen LogP contribution is 2.07. The molecule has 1 aliphatic heterocycles. The highest BCUT2D eigenvalue weighted by atomic mass is 16.5. The van der Waals surface area contributed by atoms with Crippen LogP contribution in [0.25, 0.3) is 0 Å².